The van der Waals surface area contributed by atoms with Gasteiger partial charge in [0.05, 0.1) is 22.8 Å². The van der Waals surface area contributed by atoms with Gasteiger partial charge in [0.2, 0.25) is 0 Å². The molecule has 8 aromatic carbocycles. The fourth-order valence-electron chi connectivity index (χ4n) is 7.87. The van der Waals surface area contributed by atoms with E-state index >= 15 is 0 Å². The zero-order valence-electron chi connectivity index (χ0n) is 31.8. The zero-order chi connectivity index (χ0) is 38.7. The Morgan fingerprint density at radius 2 is 0.569 bits per heavy atom. The molecule has 58 heavy (non-hydrogen) atoms. The predicted molar refractivity (Wildman–Crippen MR) is 243 cm³/mol. The summed E-state index contributed by atoms with van der Waals surface area (Å²) in [4.78, 5) is 10.7. The van der Waals surface area contributed by atoms with Crippen molar-refractivity contribution >= 4 is 10.8 Å². The molecule has 10 rings (SSSR count). The van der Waals surface area contributed by atoms with Crippen LogP contribution in [0.5, 0.6) is 0 Å². The molecule has 0 atom stereocenters. The number of rotatable bonds is 8. The smallest absolute Gasteiger partial charge is 0.0972 e. The molecular formula is C56H38N2. The van der Waals surface area contributed by atoms with Gasteiger partial charge in [-0.25, -0.2) is 9.97 Å². The average Bonchev–Trinajstić information content (AvgIpc) is 3.32. The van der Waals surface area contributed by atoms with Crippen LogP contribution in [0.4, 0.5) is 0 Å². The van der Waals surface area contributed by atoms with Crippen molar-refractivity contribution in [1.29, 1.82) is 0 Å². The van der Waals surface area contributed by atoms with E-state index in [-0.39, 0.29) is 0 Å². The molecule has 0 amide bonds. The van der Waals surface area contributed by atoms with Crippen LogP contribution < -0.4 is 0 Å². The SMILES string of the molecule is c1ccc(-c2cc(-c3ccccc3)cc(-c3cccc(-c4cccc(-c5cc6ccccc6c(-c6cc(-c7ccccc7)cc(-c7ccccc7)n6)n5)c4)c3)c2)cc1. The molecule has 2 aromatic heterocycles. The highest BCUT2D eigenvalue weighted by Crippen LogP contribution is 2.38. The lowest BCUT2D eigenvalue weighted by atomic mass is 9.92. The van der Waals surface area contributed by atoms with E-state index in [1.165, 1.54) is 33.4 Å². The van der Waals surface area contributed by atoms with E-state index in [0.29, 0.717) is 0 Å². The number of pyridine rings is 2. The first-order valence-electron chi connectivity index (χ1n) is 19.7. The fraction of sp³-hybridized carbons (Fsp3) is 0. The molecule has 0 fully saturated rings. The van der Waals surface area contributed by atoms with Gasteiger partial charge in [-0.1, -0.05) is 182 Å². The molecule has 2 heteroatoms. The van der Waals surface area contributed by atoms with Gasteiger partial charge in [-0.05, 0) is 110 Å². The standard InChI is InChI=1S/C56H38N2/c1-5-17-39(18-6-1)48-33-49(40-19-7-2-8-20-40)35-50(34-48)45-28-15-26-43(31-45)44-27-16-29-47(32-44)54-36-46-25-13-14-30-52(46)56(58-54)55-38-51(41-21-9-3-10-22-41)37-53(57-55)42-23-11-4-12-24-42/h1-38H. The van der Waals surface area contributed by atoms with Crippen LogP contribution in [-0.2, 0) is 0 Å². The highest BCUT2D eigenvalue weighted by molar-refractivity contribution is 5.97. The Morgan fingerprint density at radius 3 is 1.14 bits per heavy atom. The van der Waals surface area contributed by atoms with Crippen molar-refractivity contribution < 1.29 is 0 Å². The molecule has 0 aliphatic heterocycles. The maximum Gasteiger partial charge on any atom is 0.0972 e. The van der Waals surface area contributed by atoms with Gasteiger partial charge in [-0.3, -0.25) is 0 Å². The molecule has 0 aliphatic carbocycles. The van der Waals surface area contributed by atoms with Crippen molar-refractivity contribution in [1.82, 2.24) is 9.97 Å². The average molecular weight is 739 g/mol. The number of hydrogen-bond donors (Lipinski definition) is 0. The Balaban J connectivity index is 1.07. The highest BCUT2D eigenvalue weighted by atomic mass is 14.8. The number of fused-ring (bicyclic) bond motifs is 1. The lowest BCUT2D eigenvalue weighted by Crippen LogP contribution is -1.96. The topological polar surface area (TPSA) is 25.8 Å². The van der Waals surface area contributed by atoms with Gasteiger partial charge in [0.1, 0.15) is 0 Å². The normalized spacial score (nSPS) is 11.1. The van der Waals surface area contributed by atoms with E-state index in [9.17, 15) is 0 Å². The van der Waals surface area contributed by atoms with Crippen LogP contribution in [-0.4, -0.2) is 9.97 Å². The first-order valence-corrected chi connectivity index (χ1v) is 19.7. The van der Waals surface area contributed by atoms with Crippen LogP contribution in [0.15, 0.2) is 231 Å². The summed E-state index contributed by atoms with van der Waals surface area (Å²) in [6, 6.07) is 81.8. The third kappa shape index (κ3) is 7.11. The Kier molecular flexibility index (Phi) is 9.27. The molecule has 2 nitrogen and oxygen atoms in total. The molecule has 0 saturated heterocycles. The monoisotopic (exact) mass is 738 g/mol. The Bertz CT molecular complexity index is 2910. The van der Waals surface area contributed by atoms with Crippen molar-refractivity contribution in [3.63, 3.8) is 0 Å². The summed E-state index contributed by atoms with van der Waals surface area (Å²) in [5.74, 6) is 0. The van der Waals surface area contributed by atoms with Gasteiger partial charge in [-0.15, -0.1) is 0 Å². The van der Waals surface area contributed by atoms with Gasteiger partial charge in [0.25, 0.3) is 0 Å². The molecule has 272 valence electrons. The third-order valence-corrected chi connectivity index (χ3v) is 10.8. The van der Waals surface area contributed by atoms with Crippen LogP contribution in [0.25, 0.3) is 100 Å². The largest absolute Gasteiger partial charge is 0.246 e. The van der Waals surface area contributed by atoms with E-state index < -0.39 is 0 Å². The van der Waals surface area contributed by atoms with Crippen LogP contribution in [0.2, 0.25) is 0 Å². The van der Waals surface area contributed by atoms with E-state index in [2.05, 4.69) is 224 Å². The number of aromatic nitrogens is 2. The lowest BCUT2D eigenvalue weighted by Gasteiger charge is -2.14. The summed E-state index contributed by atoms with van der Waals surface area (Å²) in [5, 5.41) is 2.19. The number of nitrogens with zero attached hydrogens (tertiary/aromatic N) is 2. The first kappa shape index (κ1) is 34.8. The number of hydrogen-bond acceptors (Lipinski definition) is 2. The summed E-state index contributed by atoms with van der Waals surface area (Å²) in [7, 11) is 0. The second kappa shape index (κ2) is 15.5. The Morgan fingerprint density at radius 1 is 0.207 bits per heavy atom. The van der Waals surface area contributed by atoms with Crippen LogP contribution >= 0.6 is 0 Å². The minimum atomic E-state index is 0.842. The molecule has 0 saturated carbocycles. The van der Waals surface area contributed by atoms with Crippen molar-refractivity contribution in [2.24, 2.45) is 0 Å². The maximum absolute atomic E-state index is 5.43. The van der Waals surface area contributed by atoms with Crippen LogP contribution in [0, 0.1) is 0 Å². The van der Waals surface area contributed by atoms with E-state index in [4.69, 9.17) is 9.97 Å². The summed E-state index contributed by atoms with van der Waals surface area (Å²) >= 11 is 0. The van der Waals surface area contributed by atoms with Gasteiger partial charge < -0.3 is 0 Å². The van der Waals surface area contributed by atoms with Crippen molar-refractivity contribution in [2.45, 2.75) is 0 Å². The van der Waals surface area contributed by atoms with E-state index in [1.54, 1.807) is 0 Å². The summed E-state index contributed by atoms with van der Waals surface area (Å²) in [6.45, 7) is 0. The molecule has 0 N–H and O–H groups in total. The highest BCUT2D eigenvalue weighted by Gasteiger charge is 2.16. The lowest BCUT2D eigenvalue weighted by molar-refractivity contribution is 1.27. The molecule has 0 radical (unpaired) electrons. The van der Waals surface area contributed by atoms with Crippen molar-refractivity contribution in [2.75, 3.05) is 0 Å². The molecule has 2 heterocycles. The first-order chi connectivity index (χ1) is 28.7. The molecule has 0 spiro atoms. The van der Waals surface area contributed by atoms with Gasteiger partial charge in [0, 0.05) is 16.5 Å². The van der Waals surface area contributed by atoms with Crippen molar-refractivity contribution in [3.05, 3.63) is 231 Å². The Hall–Kier alpha value is -7.68. The minimum Gasteiger partial charge on any atom is -0.246 e. The second-order valence-electron chi connectivity index (χ2n) is 14.6. The van der Waals surface area contributed by atoms with Gasteiger partial charge in [0.15, 0.2) is 0 Å². The van der Waals surface area contributed by atoms with Gasteiger partial charge >= 0.3 is 0 Å². The minimum absolute atomic E-state index is 0.842. The molecule has 0 unspecified atom stereocenters. The van der Waals surface area contributed by atoms with Crippen molar-refractivity contribution in [3.8, 4) is 89.5 Å². The van der Waals surface area contributed by atoms with E-state index in [0.717, 1.165) is 66.9 Å². The molecular weight excluding hydrogens is 701 g/mol. The van der Waals surface area contributed by atoms with Gasteiger partial charge in [-0.2, -0.15) is 0 Å². The Labute approximate surface area is 339 Å². The van der Waals surface area contributed by atoms with E-state index in [1.807, 2.05) is 6.07 Å². The fourth-order valence-corrected chi connectivity index (χ4v) is 7.87. The summed E-state index contributed by atoms with van der Waals surface area (Å²) in [5.41, 5.74) is 17.3. The summed E-state index contributed by atoms with van der Waals surface area (Å²) < 4.78 is 0. The third-order valence-electron chi connectivity index (χ3n) is 10.8. The molecule has 10 aromatic rings. The number of benzene rings is 8. The molecule has 0 aliphatic rings. The molecule has 0 bridgehead atoms. The maximum atomic E-state index is 5.43. The predicted octanol–water partition coefficient (Wildman–Crippen LogP) is 15.0. The zero-order valence-corrected chi connectivity index (χ0v) is 31.8. The second-order valence-corrected chi connectivity index (χ2v) is 14.6. The van der Waals surface area contributed by atoms with Crippen LogP contribution in [0.1, 0.15) is 0 Å². The quantitative estimate of drug-likeness (QED) is 0.155. The summed E-state index contributed by atoms with van der Waals surface area (Å²) in [6.07, 6.45) is 0. The van der Waals surface area contributed by atoms with Crippen LogP contribution in [0.3, 0.4) is 0 Å².